The van der Waals surface area contributed by atoms with Crippen LogP contribution in [0.3, 0.4) is 0 Å². The summed E-state index contributed by atoms with van der Waals surface area (Å²) in [4.78, 5) is 8.47. The first-order valence-electron chi connectivity index (χ1n) is 5.13. The molecule has 0 atom stereocenters. The van der Waals surface area contributed by atoms with Crippen LogP contribution in [0.15, 0.2) is 39.4 Å². The predicted molar refractivity (Wildman–Crippen MR) is 75.9 cm³/mol. The molecule has 2 aromatic rings. The fraction of sp³-hybridized carbons (Fsp3) is 0.167. The molecule has 1 N–H and O–H groups in total. The average Bonchev–Trinajstić information content (AvgIpc) is 2.27. The summed E-state index contributed by atoms with van der Waals surface area (Å²) in [5.74, 6) is 1.56. The van der Waals surface area contributed by atoms with Gasteiger partial charge in [0.15, 0.2) is 0 Å². The third-order valence-corrected chi connectivity index (χ3v) is 3.40. The van der Waals surface area contributed by atoms with Gasteiger partial charge in [-0.05, 0) is 34.5 Å². The lowest BCUT2D eigenvalue weighted by Gasteiger charge is -2.08. The van der Waals surface area contributed by atoms with E-state index in [0.29, 0.717) is 0 Å². The molecule has 1 aromatic carbocycles. The summed E-state index contributed by atoms with van der Waals surface area (Å²) in [6.07, 6.45) is 0. The van der Waals surface area contributed by atoms with E-state index in [9.17, 15) is 0 Å². The van der Waals surface area contributed by atoms with E-state index in [0.717, 1.165) is 27.3 Å². The van der Waals surface area contributed by atoms with Crippen molar-refractivity contribution in [1.29, 1.82) is 0 Å². The molecule has 3 nitrogen and oxygen atoms in total. The lowest BCUT2D eigenvalue weighted by atomic mass is 10.2. The quantitative estimate of drug-likeness (QED) is 0.847. The van der Waals surface area contributed by atoms with Crippen molar-refractivity contribution in [2.24, 2.45) is 0 Å². The summed E-state index contributed by atoms with van der Waals surface area (Å²) < 4.78 is 1.89. The molecule has 0 unspecified atom stereocenters. The summed E-state index contributed by atoms with van der Waals surface area (Å²) in [6, 6.07) is 9.98. The van der Waals surface area contributed by atoms with E-state index in [1.165, 1.54) is 5.56 Å². The van der Waals surface area contributed by atoms with Crippen LogP contribution in [-0.2, 0) is 6.54 Å². The van der Waals surface area contributed by atoms with Gasteiger partial charge in [0.2, 0.25) is 0 Å². The number of halogens is 2. The molecule has 0 bridgehead atoms. The second kappa shape index (κ2) is 5.60. The number of hydrogen-bond donors (Lipinski definition) is 1. The van der Waals surface area contributed by atoms with Crippen molar-refractivity contribution in [1.82, 2.24) is 9.97 Å². The van der Waals surface area contributed by atoms with Crippen molar-refractivity contribution in [3.05, 3.63) is 50.8 Å². The first-order chi connectivity index (χ1) is 8.15. The Hall–Kier alpha value is -0.940. The van der Waals surface area contributed by atoms with Crippen molar-refractivity contribution in [3.63, 3.8) is 0 Å². The number of nitrogens with zero attached hydrogens (tertiary/aromatic N) is 2. The van der Waals surface area contributed by atoms with Gasteiger partial charge in [0.1, 0.15) is 16.2 Å². The van der Waals surface area contributed by atoms with E-state index in [4.69, 9.17) is 0 Å². The summed E-state index contributed by atoms with van der Waals surface area (Å²) in [5.41, 5.74) is 1.19. The predicted octanol–water partition coefficient (Wildman–Crippen LogP) is 3.92. The molecule has 0 aliphatic carbocycles. The van der Waals surface area contributed by atoms with Gasteiger partial charge >= 0.3 is 0 Å². The van der Waals surface area contributed by atoms with Crippen molar-refractivity contribution < 1.29 is 0 Å². The zero-order chi connectivity index (χ0) is 12.3. The molecule has 17 heavy (non-hydrogen) atoms. The molecule has 0 amide bonds. The topological polar surface area (TPSA) is 37.8 Å². The van der Waals surface area contributed by atoms with Gasteiger partial charge in [0, 0.05) is 17.1 Å². The van der Waals surface area contributed by atoms with Crippen molar-refractivity contribution in [3.8, 4) is 0 Å². The van der Waals surface area contributed by atoms with Crippen molar-refractivity contribution >= 4 is 37.7 Å². The number of benzene rings is 1. The van der Waals surface area contributed by atoms with Crippen LogP contribution < -0.4 is 5.32 Å². The molecule has 2 rings (SSSR count). The van der Waals surface area contributed by atoms with Crippen LogP contribution >= 0.6 is 31.9 Å². The maximum atomic E-state index is 4.31. The molecule has 0 saturated heterocycles. The van der Waals surface area contributed by atoms with Gasteiger partial charge in [0.25, 0.3) is 0 Å². The Morgan fingerprint density at radius 2 is 1.94 bits per heavy atom. The Labute approximate surface area is 117 Å². The highest BCUT2D eigenvalue weighted by atomic mass is 79.9. The van der Waals surface area contributed by atoms with E-state index in [-0.39, 0.29) is 0 Å². The fourth-order valence-corrected chi connectivity index (χ4v) is 2.35. The molecule has 0 aliphatic rings. The number of nitrogens with one attached hydrogen (secondary N) is 1. The van der Waals surface area contributed by atoms with E-state index in [1.54, 1.807) is 0 Å². The Kier molecular flexibility index (Phi) is 4.12. The highest BCUT2D eigenvalue weighted by Gasteiger charge is 2.01. The van der Waals surface area contributed by atoms with Gasteiger partial charge in [0.05, 0.1) is 0 Å². The highest BCUT2D eigenvalue weighted by Crippen LogP contribution is 2.18. The second-order valence-electron chi connectivity index (χ2n) is 3.57. The Balaban J connectivity index is 2.10. The summed E-state index contributed by atoms with van der Waals surface area (Å²) in [5, 5.41) is 3.27. The first kappa shape index (κ1) is 12.5. The van der Waals surface area contributed by atoms with Crippen molar-refractivity contribution in [2.45, 2.75) is 13.5 Å². The summed E-state index contributed by atoms with van der Waals surface area (Å²) >= 11 is 6.87. The third-order valence-electron chi connectivity index (χ3n) is 2.22. The molecular formula is C12H11Br2N3. The number of anilines is 1. The van der Waals surface area contributed by atoms with Gasteiger partial charge in [-0.25, -0.2) is 9.97 Å². The number of aromatic nitrogens is 2. The van der Waals surface area contributed by atoms with Gasteiger partial charge in [-0.1, -0.05) is 34.1 Å². The molecule has 0 aliphatic heterocycles. The van der Waals surface area contributed by atoms with Gasteiger partial charge in [-0.15, -0.1) is 0 Å². The zero-order valence-corrected chi connectivity index (χ0v) is 12.4. The third kappa shape index (κ3) is 3.51. The van der Waals surface area contributed by atoms with E-state index < -0.39 is 0 Å². The van der Waals surface area contributed by atoms with Crippen LogP contribution in [0, 0.1) is 6.92 Å². The van der Waals surface area contributed by atoms with E-state index in [1.807, 2.05) is 31.2 Å². The molecule has 88 valence electrons. The molecule has 5 heteroatoms. The number of rotatable bonds is 3. The largest absolute Gasteiger partial charge is 0.366 e. The lowest BCUT2D eigenvalue weighted by Crippen LogP contribution is -2.03. The normalized spacial score (nSPS) is 10.3. The Bertz CT molecular complexity index is 509. The minimum Gasteiger partial charge on any atom is -0.366 e. The molecule has 1 heterocycles. The van der Waals surface area contributed by atoms with Crippen LogP contribution in [0.1, 0.15) is 11.4 Å². The molecule has 0 radical (unpaired) electrons. The maximum absolute atomic E-state index is 4.31. The highest BCUT2D eigenvalue weighted by molar-refractivity contribution is 9.10. The van der Waals surface area contributed by atoms with Crippen LogP contribution in [0.4, 0.5) is 5.82 Å². The summed E-state index contributed by atoms with van der Waals surface area (Å²) in [6.45, 7) is 2.60. The smallest absolute Gasteiger partial charge is 0.131 e. The minimum absolute atomic E-state index is 0.727. The summed E-state index contributed by atoms with van der Waals surface area (Å²) in [7, 11) is 0. The number of aryl methyl sites for hydroxylation is 1. The van der Waals surface area contributed by atoms with Crippen LogP contribution in [0.5, 0.6) is 0 Å². The fourth-order valence-electron chi connectivity index (χ4n) is 1.45. The molecule has 0 saturated carbocycles. The second-order valence-corrected chi connectivity index (χ2v) is 5.23. The minimum atomic E-state index is 0.727. The maximum Gasteiger partial charge on any atom is 0.131 e. The Morgan fingerprint density at radius 1 is 1.18 bits per heavy atom. The Morgan fingerprint density at radius 3 is 2.65 bits per heavy atom. The van der Waals surface area contributed by atoms with Gasteiger partial charge in [-0.3, -0.25) is 0 Å². The van der Waals surface area contributed by atoms with E-state index >= 15 is 0 Å². The van der Waals surface area contributed by atoms with Crippen LogP contribution in [0.2, 0.25) is 0 Å². The SMILES string of the molecule is Cc1nc(Br)cc(NCc2ccccc2Br)n1. The van der Waals surface area contributed by atoms with Crippen LogP contribution in [-0.4, -0.2) is 9.97 Å². The number of hydrogen-bond acceptors (Lipinski definition) is 3. The molecule has 0 spiro atoms. The first-order valence-corrected chi connectivity index (χ1v) is 6.72. The van der Waals surface area contributed by atoms with Crippen molar-refractivity contribution in [2.75, 3.05) is 5.32 Å². The molecule has 0 fully saturated rings. The van der Waals surface area contributed by atoms with Gasteiger partial charge < -0.3 is 5.32 Å². The average molecular weight is 357 g/mol. The van der Waals surface area contributed by atoms with Crippen LogP contribution in [0.25, 0.3) is 0 Å². The molecular weight excluding hydrogens is 346 g/mol. The zero-order valence-electron chi connectivity index (χ0n) is 9.24. The molecule has 1 aromatic heterocycles. The monoisotopic (exact) mass is 355 g/mol. The van der Waals surface area contributed by atoms with Gasteiger partial charge in [-0.2, -0.15) is 0 Å². The standard InChI is InChI=1S/C12H11Br2N3/c1-8-16-11(14)6-12(17-8)15-7-9-4-2-3-5-10(9)13/h2-6H,7H2,1H3,(H,15,16,17). The lowest BCUT2D eigenvalue weighted by molar-refractivity contribution is 1.01. The van der Waals surface area contributed by atoms with E-state index in [2.05, 4.69) is 53.2 Å².